The summed E-state index contributed by atoms with van der Waals surface area (Å²) in [4.78, 5) is 35.1. The Balaban J connectivity index is 1.68. The van der Waals surface area contributed by atoms with Crippen LogP contribution in [0, 0.1) is 0 Å². The van der Waals surface area contributed by atoms with E-state index < -0.39 is 0 Å². The second kappa shape index (κ2) is 7.61. The minimum Gasteiger partial charge on any atom is -0.497 e. The summed E-state index contributed by atoms with van der Waals surface area (Å²) in [5.74, 6) is 0.943. The van der Waals surface area contributed by atoms with E-state index in [1.807, 2.05) is 24.3 Å². The number of ether oxygens (including phenoxy) is 1. The lowest BCUT2D eigenvalue weighted by Crippen LogP contribution is -2.48. The van der Waals surface area contributed by atoms with Crippen molar-refractivity contribution < 1.29 is 14.3 Å². The fourth-order valence-corrected chi connectivity index (χ4v) is 2.53. The number of hydrogen-bond acceptors (Lipinski definition) is 6. The molecule has 1 aliphatic heterocycles. The molecule has 1 saturated heterocycles. The monoisotopic (exact) mass is 341 g/mol. The van der Waals surface area contributed by atoms with Crippen molar-refractivity contribution in [3.63, 3.8) is 0 Å². The van der Waals surface area contributed by atoms with Crippen LogP contribution >= 0.6 is 0 Å². The number of benzene rings is 1. The molecule has 2 heterocycles. The summed E-state index contributed by atoms with van der Waals surface area (Å²) in [6.07, 6.45) is 2.36. The highest BCUT2D eigenvalue weighted by molar-refractivity contribution is 5.92. The van der Waals surface area contributed by atoms with E-state index in [9.17, 15) is 9.59 Å². The Kier molecular flexibility index (Phi) is 5.08. The molecule has 1 N–H and O–H groups in total. The maximum atomic E-state index is 12.6. The van der Waals surface area contributed by atoms with Gasteiger partial charge in [0.25, 0.3) is 5.91 Å². The van der Waals surface area contributed by atoms with Crippen molar-refractivity contribution in [3.8, 4) is 5.75 Å². The second-order valence-electron chi connectivity index (χ2n) is 5.55. The fraction of sp³-hybridized carbons (Fsp3) is 0.294. The number of piperazine rings is 1. The molecule has 8 nitrogen and oxygen atoms in total. The lowest BCUT2D eigenvalue weighted by Gasteiger charge is -2.32. The highest BCUT2D eigenvalue weighted by Gasteiger charge is 2.22. The standard InChI is InChI=1S/C17H19N5O3/c1-25-14-4-2-13(3-5-14)19-17-18-7-6-15(20-17)16(24)22-10-8-21(12-23)9-11-22/h2-7,12H,8-11H2,1H3,(H,18,19,20). The molecular formula is C17H19N5O3. The number of anilines is 2. The molecular weight excluding hydrogens is 322 g/mol. The van der Waals surface area contributed by atoms with Gasteiger partial charge in [0.05, 0.1) is 7.11 Å². The van der Waals surface area contributed by atoms with Gasteiger partial charge in [-0.1, -0.05) is 0 Å². The van der Waals surface area contributed by atoms with Gasteiger partial charge in [-0.05, 0) is 30.3 Å². The third-order valence-corrected chi connectivity index (χ3v) is 3.97. The van der Waals surface area contributed by atoms with Gasteiger partial charge in [-0.2, -0.15) is 0 Å². The van der Waals surface area contributed by atoms with E-state index in [0.717, 1.165) is 17.8 Å². The van der Waals surface area contributed by atoms with Crippen LogP contribution < -0.4 is 10.1 Å². The van der Waals surface area contributed by atoms with Gasteiger partial charge in [-0.25, -0.2) is 9.97 Å². The summed E-state index contributed by atoms with van der Waals surface area (Å²) in [5.41, 5.74) is 1.12. The first-order valence-corrected chi connectivity index (χ1v) is 7.92. The molecule has 0 bridgehead atoms. The minimum atomic E-state index is -0.161. The lowest BCUT2D eigenvalue weighted by atomic mass is 10.3. The summed E-state index contributed by atoms with van der Waals surface area (Å²) in [7, 11) is 1.61. The molecule has 0 spiro atoms. The number of hydrogen-bond donors (Lipinski definition) is 1. The van der Waals surface area contributed by atoms with Crippen molar-refractivity contribution >= 4 is 24.0 Å². The van der Waals surface area contributed by atoms with E-state index in [1.54, 1.807) is 29.2 Å². The van der Waals surface area contributed by atoms with Crippen LogP contribution in [0.15, 0.2) is 36.5 Å². The average molecular weight is 341 g/mol. The number of methoxy groups -OCH3 is 1. The van der Waals surface area contributed by atoms with Crippen LogP contribution in [-0.4, -0.2) is 65.4 Å². The maximum absolute atomic E-state index is 12.6. The molecule has 1 aliphatic rings. The molecule has 8 heteroatoms. The van der Waals surface area contributed by atoms with E-state index >= 15 is 0 Å². The van der Waals surface area contributed by atoms with Gasteiger partial charge in [0.15, 0.2) is 0 Å². The zero-order valence-electron chi connectivity index (χ0n) is 13.9. The third-order valence-electron chi connectivity index (χ3n) is 3.97. The van der Waals surface area contributed by atoms with Crippen LogP contribution in [0.1, 0.15) is 10.5 Å². The van der Waals surface area contributed by atoms with Crippen LogP contribution in [-0.2, 0) is 4.79 Å². The van der Waals surface area contributed by atoms with Crippen LogP contribution in [0.4, 0.5) is 11.6 Å². The van der Waals surface area contributed by atoms with E-state index in [4.69, 9.17) is 4.74 Å². The minimum absolute atomic E-state index is 0.161. The molecule has 1 fully saturated rings. The second-order valence-corrected chi connectivity index (χ2v) is 5.55. The Bertz CT molecular complexity index is 742. The van der Waals surface area contributed by atoms with Gasteiger partial charge < -0.3 is 19.9 Å². The van der Waals surface area contributed by atoms with E-state index in [-0.39, 0.29) is 5.91 Å². The highest BCUT2D eigenvalue weighted by atomic mass is 16.5. The van der Waals surface area contributed by atoms with Gasteiger partial charge in [-0.15, -0.1) is 0 Å². The number of rotatable bonds is 5. The molecule has 2 amide bonds. The Morgan fingerprint density at radius 1 is 1.16 bits per heavy atom. The fourth-order valence-electron chi connectivity index (χ4n) is 2.53. The molecule has 0 radical (unpaired) electrons. The van der Waals surface area contributed by atoms with Gasteiger partial charge >= 0.3 is 0 Å². The van der Waals surface area contributed by atoms with Crippen LogP contribution in [0.3, 0.4) is 0 Å². The summed E-state index contributed by atoms with van der Waals surface area (Å²) in [5, 5.41) is 3.07. The normalized spacial score (nSPS) is 14.1. The molecule has 3 rings (SSSR count). The van der Waals surface area contributed by atoms with Gasteiger partial charge in [0.1, 0.15) is 11.4 Å². The molecule has 0 aliphatic carbocycles. The zero-order valence-corrected chi connectivity index (χ0v) is 13.9. The number of carbonyl (C=O) groups excluding carboxylic acids is 2. The molecule has 1 aromatic heterocycles. The van der Waals surface area contributed by atoms with Crippen LogP contribution in [0.5, 0.6) is 5.75 Å². The van der Waals surface area contributed by atoms with E-state index in [1.165, 1.54) is 0 Å². The first-order valence-electron chi connectivity index (χ1n) is 7.92. The molecule has 0 unspecified atom stereocenters. The van der Waals surface area contributed by atoms with Crippen molar-refractivity contribution in [2.75, 3.05) is 38.6 Å². The predicted molar refractivity (Wildman–Crippen MR) is 91.8 cm³/mol. The molecule has 0 atom stereocenters. The third kappa shape index (κ3) is 4.03. The quantitative estimate of drug-likeness (QED) is 0.821. The van der Waals surface area contributed by atoms with Crippen molar-refractivity contribution in [2.45, 2.75) is 0 Å². The first kappa shape index (κ1) is 16.7. The topological polar surface area (TPSA) is 87.7 Å². The summed E-state index contributed by atoms with van der Waals surface area (Å²) in [6.45, 7) is 2.08. The summed E-state index contributed by atoms with van der Waals surface area (Å²) < 4.78 is 5.12. The van der Waals surface area contributed by atoms with Crippen molar-refractivity contribution in [2.24, 2.45) is 0 Å². The Morgan fingerprint density at radius 3 is 2.52 bits per heavy atom. The Hall–Kier alpha value is -3.16. The van der Waals surface area contributed by atoms with Crippen molar-refractivity contribution in [1.82, 2.24) is 19.8 Å². The molecule has 0 saturated carbocycles. The zero-order chi connectivity index (χ0) is 17.6. The summed E-state index contributed by atoms with van der Waals surface area (Å²) >= 11 is 0. The predicted octanol–water partition coefficient (Wildman–Crippen LogP) is 1.14. The maximum Gasteiger partial charge on any atom is 0.272 e. The summed E-state index contributed by atoms with van der Waals surface area (Å²) in [6, 6.07) is 8.92. The van der Waals surface area contributed by atoms with Crippen molar-refractivity contribution in [1.29, 1.82) is 0 Å². The first-order chi connectivity index (χ1) is 12.2. The van der Waals surface area contributed by atoms with Gasteiger partial charge in [-0.3, -0.25) is 9.59 Å². The van der Waals surface area contributed by atoms with Crippen LogP contribution in [0.2, 0.25) is 0 Å². The van der Waals surface area contributed by atoms with Crippen LogP contribution in [0.25, 0.3) is 0 Å². The number of nitrogens with zero attached hydrogens (tertiary/aromatic N) is 4. The van der Waals surface area contributed by atoms with Gasteiger partial charge in [0.2, 0.25) is 12.4 Å². The number of nitrogens with one attached hydrogen (secondary N) is 1. The number of aromatic nitrogens is 2. The highest BCUT2D eigenvalue weighted by Crippen LogP contribution is 2.18. The largest absolute Gasteiger partial charge is 0.497 e. The Morgan fingerprint density at radius 2 is 1.88 bits per heavy atom. The van der Waals surface area contributed by atoms with E-state index in [0.29, 0.717) is 37.8 Å². The lowest BCUT2D eigenvalue weighted by molar-refractivity contribution is -0.119. The number of carbonyl (C=O) groups is 2. The number of amides is 2. The molecule has 2 aromatic rings. The van der Waals surface area contributed by atoms with Gasteiger partial charge in [0, 0.05) is 38.1 Å². The van der Waals surface area contributed by atoms with Crippen molar-refractivity contribution in [3.05, 3.63) is 42.2 Å². The molecule has 130 valence electrons. The average Bonchev–Trinajstić information content (AvgIpc) is 2.68. The molecule has 1 aromatic carbocycles. The SMILES string of the molecule is COc1ccc(Nc2nccc(C(=O)N3CCN(C=O)CC3)n2)cc1. The smallest absolute Gasteiger partial charge is 0.272 e. The van der Waals surface area contributed by atoms with E-state index in [2.05, 4.69) is 15.3 Å². The Labute approximate surface area is 145 Å². The molecule has 25 heavy (non-hydrogen) atoms.